The molecule has 1 heterocycles. The van der Waals surface area contributed by atoms with Gasteiger partial charge in [-0.25, -0.2) is 14.5 Å². The highest BCUT2D eigenvalue weighted by Crippen LogP contribution is 2.39. The third-order valence-corrected chi connectivity index (χ3v) is 3.99. The van der Waals surface area contributed by atoms with Gasteiger partial charge in [0.25, 0.3) is 0 Å². The highest BCUT2D eigenvalue weighted by atomic mass is 16.6. The van der Waals surface area contributed by atoms with Crippen LogP contribution in [0.25, 0.3) is 0 Å². The molecular weight excluding hydrogens is 304 g/mol. The van der Waals surface area contributed by atoms with Gasteiger partial charge in [-0.3, -0.25) is 0 Å². The van der Waals surface area contributed by atoms with Gasteiger partial charge in [-0.2, -0.15) is 0 Å². The Labute approximate surface area is 140 Å². The molecule has 2 aromatic carbocycles. The maximum atomic E-state index is 12.4. The zero-order chi connectivity index (χ0) is 17.0. The normalized spacial score (nSPS) is 15.7. The van der Waals surface area contributed by atoms with Gasteiger partial charge in [-0.15, -0.1) is 6.58 Å². The predicted molar refractivity (Wildman–Crippen MR) is 90.4 cm³/mol. The highest BCUT2D eigenvalue weighted by molar-refractivity contribution is 5.93. The topological polar surface area (TPSA) is 58.6 Å². The molecule has 1 saturated heterocycles. The number of hydrogen-bond donors (Lipinski definition) is 1. The largest absolute Gasteiger partial charge is 0.431 e. The number of ether oxygens (including phenoxy) is 1. The molecule has 3 rings (SSSR count). The van der Waals surface area contributed by atoms with Gasteiger partial charge < -0.3 is 10.1 Å². The number of nitrogens with one attached hydrogen (secondary N) is 1. The van der Waals surface area contributed by atoms with E-state index in [-0.39, 0.29) is 13.1 Å². The van der Waals surface area contributed by atoms with Gasteiger partial charge in [-0.05, 0) is 0 Å². The molecular formula is C19H18N2O3. The first-order chi connectivity index (χ1) is 11.7. The summed E-state index contributed by atoms with van der Waals surface area (Å²) >= 11 is 0. The molecule has 24 heavy (non-hydrogen) atoms. The van der Waals surface area contributed by atoms with Crippen LogP contribution < -0.4 is 5.32 Å². The molecule has 5 heteroatoms. The van der Waals surface area contributed by atoms with Gasteiger partial charge in [0, 0.05) is 17.7 Å². The van der Waals surface area contributed by atoms with Crippen molar-refractivity contribution in [2.45, 2.75) is 5.60 Å². The van der Waals surface area contributed by atoms with Crippen LogP contribution in [0.5, 0.6) is 0 Å². The number of nitrogens with zero attached hydrogens (tertiary/aromatic N) is 1. The van der Waals surface area contributed by atoms with Crippen molar-refractivity contribution in [3.8, 4) is 0 Å². The monoisotopic (exact) mass is 322 g/mol. The zero-order valence-corrected chi connectivity index (χ0v) is 13.1. The minimum Gasteiger partial charge on any atom is -0.431 e. The SMILES string of the molecule is C=CCNC(=O)N1CC(c2ccccc2)(c2ccccc2)OC1=O. The maximum Gasteiger partial charge on any atom is 0.419 e. The number of carbonyl (C=O) groups excluding carboxylic acids is 2. The first-order valence-electron chi connectivity index (χ1n) is 7.67. The molecule has 1 aliphatic heterocycles. The number of hydrogen-bond acceptors (Lipinski definition) is 3. The van der Waals surface area contributed by atoms with Crippen LogP contribution in [-0.2, 0) is 10.3 Å². The van der Waals surface area contributed by atoms with Crippen molar-refractivity contribution in [3.63, 3.8) is 0 Å². The first kappa shape index (κ1) is 15.8. The number of cyclic esters (lactones) is 1. The van der Waals surface area contributed by atoms with Crippen molar-refractivity contribution in [2.75, 3.05) is 13.1 Å². The number of rotatable bonds is 4. The first-order valence-corrected chi connectivity index (χ1v) is 7.67. The fraction of sp³-hybridized carbons (Fsp3) is 0.158. The summed E-state index contributed by atoms with van der Waals surface area (Å²) in [5, 5.41) is 2.61. The fourth-order valence-corrected chi connectivity index (χ4v) is 2.82. The Hall–Kier alpha value is -3.08. The molecule has 3 amide bonds. The minimum atomic E-state index is -1.01. The summed E-state index contributed by atoms with van der Waals surface area (Å²) in [5.74, 6) is 0. The molecule has 0 radical (unpaired) electrons. The van der Waals surface area contributed by atoms with E-state index in [1.165, 1.54) is 0 Å². The van der Waals surface area contributed by atoms with Gasteiger partial charge in [0.15, 0.2) is 5.60 Å². The smallest absolute Gasteiger partial charge is 0.419 e. The molecule has 2 aromatic rings. The third-order valence-electron chi connectivity index (χ3n) is 3.99. The lowest BCUT2D eigenvalue weighted by atomic mass is 9.86. The lowest BCUT2D eigenvalue weighted by Gasteiger charge is -2.27. The Bertz CT molecular complexity index is 704. The van der Waals surface area contributed by atoms with Crippen molar-refractivity contribution >= 4 is 12.1 Å². The van der Waals surface area contributed by atoms with Gasteiger partial charge >= 0.3 is 12.1 Å². The molecule has 0 saturated carbocycles. The van der Waals surface area contributed by atoms with Gasteiger partial charge in [0.2, 0.25) is 0 Å². The van der Waals surface area contributed by atoms with E-state index < -0.39 is 17.7 Å². The lowest BCUT2D eigenvalue weighted by Crippen LogP contribution is -2.42. The zero-order valence-electron chi connectivity index (χ0n) is 13.1. The average Bonchev–Trinajstić information content (AvgIpc) is 3.00. The van der Waals surface area contributed by atoms with Crippen molar-refractivity contribution in [1.29, 1.82) is 0 Å². The van der Waals surface area contributed by atoms with Crippen molar-refractivity contribution in [3.05, 3.63) is 84.4 Å². The van der Waals surface area contributed by atoms with E-state index in [1.54, 1.807) is 6.08 Å². The Kier molecular flexibility index (Phi) is 4.33. The second kappa shape index (κ2) is 6.58. The average molecular weight is 322 g/mol. The summed E-state index contributed by atoms with van der Waals surface area (Å²) in [5.41, 5.74) is 0.637. The molecule has 5 nitrogen and oxygen atoms in total. The van der Waals surface area contributed by atoms with Crippen LogP contribution in [0.1, 0.15) is 11.1 Å². The Balaban J connectivity index is 2.01. The molecule has 0 atom stereocenters. The summed E-state index contributed by atoms with van der Waals surface area (Å²) in [6.45, 7) is 3.95. The molecule has 0 aromatic heterocycles. The summed E-state index contributed by atoms with van der Waals surface area (Å²) in [7, 11) is 0. The number of benzene rings is 2. The van der Waals surface area contributed by atoms with E-state index in [9.17, 15) is 9.59 Å². The standard InChI is InChI=1S/C19H18N2O3/c1-2-13-20-17(22)21-14-19(24-18(21)23,15-9-5-3-6-10-15)16-11-7-4-8-12-16/h2-12H,1,13-14H2,(H,20,22). The Morgan fingerprint density at radius 3 is 2.17 bits per heavy atom. The van der Waals surface area contributed by atoms with Gasteiger partial charge in [0.05, 0.1) is 6.54 Å². The number of imide groups is 1. The van der Waals surface area contributed by atoms with Gasteiger partial charge in [-0.1, -0.05) is 66.7 Å². The molecule has 0 aliphatic carbocycles. The number of amides is 3. The summed E-state index contributed by atoms with van der Waals surface area (Å²) in [6.07, 6.45) is 0.894. The van der Waals surface area contributed by atoms with E-state index in [2.05, 4.69) is 11.9 Å². The van der Waals surface area contributed by atoms with Crippen LogP contribution in [0, 0.1) is 0 Å². The summed E-state index contributed by atoms with van der Waals surface area (Å²) in [6, 6.07) is 18.4. The second-order valence-electron chi connectivity index (χ2n) is 5.49. The quantitative estimate of drug-likeness (QED) is 0.879. The van der Waals surface area contributed by atoms with Crippen LogP contribution >= 0.6 is 0 Å². The summed E-state index contributed by atoms with van der Waals surface area (Å²) < 4.78 is 5.74. The Morgan fingerprint density at radius 2 is 1.67 bits per heavy atom. The highest BCUT2D eigenvalue weighted by Gasteiger charge is 2.50. The molecule has 1 fully saturated rings. The van der Waals surface area contributed by atoms with Crippen molar-refractivity contribution < 1.29 is 14.3 Å². The van der Waals surface area contributed by atoms with Gasteiger partial charge in [0.1, 0.15) is 0 Å². The fourth-order valence-electron chi connectivity index (χ4n) is 2.82. The third kappa shape index (κ3) is 2.76. The lowest BCUT2D eigenvalue weighted by molar-refractivity contribution is 0.0862. The minimum absolute atomic E-state index is 0.114. The van der Waals surface area contributed by atoms with E-state index >= 15 is 0 Å². The van der Waals surface area contributed by atoms with Crippen LogP contribution in [0.2, 0.25) is 0 Å². The summed E-state index contributed by atoms with van der Waals surface area (Å²) in [4.78, 5) is 25.7. The van der Waals surface area contributed by atoms with Crippen molar-refractivity contribution in [1.82, 2.24) is 10.2 Å². The van der Waals surface area contributed by atoms with E-state index in [0.29, 0.717) is 0 Å². The van der Waals surface area contributed by atoms with E-state index in [0.717, 1.165) is 16.0 Å². The molecule has 1 N–H and O–H groups in total. The van der Waals surface area contributed by atoms with Crippen LogP contribution in [0.15, 0.2) is 73.3 Å². The molecule has 122 valence electrons. The number of carbonyl (C=O) groups is 2. The van der Waals surface area contributed by atoms with Crippen LogP contribution in [-0.4, -0.2) is 30.1 Å². The maximum absolute atomic E-state index is 12.4. The second-order valence-corrected chi connectivity index (χ2v) is 5.49. The molecule has 0 bridgehead atoms. The van der Waals surface area contributed by atoms with E-state index in [4.69, 9.17) is 4.74 Å². The molecule has 0 unspecified atom stereocenters. The number of urea groups is 1. The predicted octanol–water partition coefficient (Wildman–Crippen LogP) is 3.28. The van der Waals surface area contributed by atoms with E-state index in [1.807, 2.05) is 60.7 Å². The van der Waals surface area contributed by atoms with Crippen LogP contribution in [0.3, 0.4) is 0 Å². The molecule has 0 spiro atoms. The van der Waals surface area contributed by atoms with Crippen LogP contribution in [0.4, 0.5) is 9.59 Å². The van der Waals surface area contributed by atoms with Crippen molar-refractivity contribution in [2.24, 2.45) is 0 Å². The molecule has 1 aliphatic rings. The Morgan fingerprint density at radius 1 is 1.12 bits per heavy atom.